The molecule has 7 heteroatoms. The Morgan fingerprint density at radius 3 is 2.88 bits per heavy atom. The number of piperazine rings is 1. The van der Waals surface area contributed by atoms with Gasteiger partial charge in [0.25, 0.3) is 5.56 Å². The lowest BCUT2D eigenvalue weighted by atomic mass is 10.2. The minimum absolute atomic E-state index is 0.0370. The van der Waals surface area contributed by atoms with Crippen molar-refractivity contribution in [2.45, 2.75) is 6.54 Å². The molecule has 0 saturated carbocycles. The molecule has 0 unspecified atom stereocenters. The van der Waals surface area contributed by atoms with Gasteiger partial charge < -0.3 is 14.6 Å². The van der Waals surface area contributed by atoms with E-state index < -0.39 is 0 Å². The van der Waals surface area contributed by atoms with Crippen molar-refractivity contribution in [3.8, 4) is 5.75 Å². The SMILES string of the molecule is COc1cccc(N2CCN(Cc3nc4ccsc4c(=O)[nH]3)CC2)c1. The summed E-state index contributed by atoms with van der Waals surface area (Å²) in [6.45, 7) is 4.42. The average molecular weight is 356 g/mol. The normalized spacial score (nSPS) is 15.6. The van der Waals surface area contributed by atoms with Gasteiger partial charge >= 0.3 is 0 Å². The van der Waals surface area contributed by atoms with E-state index in [-0.39, 0.29) is 5.56 Å². The molecular weight excluding hydrogens is 336 g/mol. The van der Waals surface area contributed by atoms with Crippen LogP contribution in [0.2, 0.25) is 0 Å². The summed E-state index contributed by atoms with van der Waals surface area (Å²) in [7, 11) is 1.69. The Bertz CT molecular complexity index is 928. The number of benzene rings is 1. The van der Waals surface area contributed by atoms with Crippen molar-refractivity contribution < 1.29 is 4.74 Å². The van der Waals surface area contributed by atoms with Crippen LogP contribution in [0.15, 0.2) is 40.5 Å². The van der Waals surface area contributed by atoms with E-state index in [1.807, 2.05) is 23.6 Å². The number of rotatable bonds is 4. The van der Waals surface area contributed by atoms with Gasteiger partial charge in [-0.15, -0.1) is 11.3 Å². The van der Waals surface area contributed by atoms with Crippen LogP contribution < -0.4 is 15.2 Å². The van der Waals surface area contributed by atoms with Crippen molar-refractivity contribution in [1.82, 2.24) is 14.9 Å². The van der Waals surface area contributed by atoms with Crippen molar-refractivity contribution in [3.63, 3.8) is 0 Å². The minimum Gasteiger partial charge on any atom is -0.497 e. The third kappa shape index (κ3) is 3.38. The van der Waals surface area contributed by atoms with Crippen molar-refractivity contribution in [2.24, 2.45) is 0 Å². The number of ether oxygens (including phenoxy) is 1. The molecule has 25 heavy (non-hydrogen) atoms. The molecule has 3 heterocycles. The van der Waals surface area contributed by atoms with Gasteiger partial charge in [-0.1, -0.05) is 6.07 Å². The summed E-state index contributed by atoms with van der Waals surface area (Å²) in [5.41, 5.74) is 1.94. The number of methoxy groups -OCH3 is 1. The fraction of sp³-hybridized carbons (Fsp3) is 0.333. The molecule has 0 radical (unpaired) electrons. The van der Waals surface area contributed by atoms with Crippen LogP contribution in [0, 0.1) is 0 Å². The summed E-state index contributed by atoms with van der Waals surface area (Å²) in [5.74, 6) is 1.62. The van der Waals surface area contributed by atoms with E-state index in [0.29, 0.717) is 11.2 Å². The third-order valence-corrected chi connectivity index (χ3v) is 5.43. The molecule has 0 bridgehead atoms. The highest BCUT2D eigenvalue weighted by molar-refractivity contribution is 7.17. The molecule has 1 aliphatic heterocycles. The molecule has 1 aliphatic rings. The van der Waals surface area contributed by atoms with E-state index in [0.717, 1.165) is 43.3 Å². The summed E-state index contributed by atoms with van der Waals surface area (Å²) in [6.07, 6.45) is 0. The monoisotopic (exact) mass is 356 g/mol. The molecule has 1 aromatic carbocycles. The number of nitrogens with one attached hydrogen (secondary N) is 1. The lowest BCUT2D eigenvalue weighted by Gasteiger charge is -2.35. The molecule has 130 valence electrons. The zero-order chi connectivity index (χ0) is 17.2. The van der Waals surface area contributed by atoms with Crippen molar-refractivity contribution in [1.29, 1.82) is 0 Å². The quantitative estimate of drug-likeness (QED) is 0.777. The molecular formula is C18H20N4O2S. The van der Waals surface area contributed by atoms with E-state index in [2.05, 4.69) is 31.9 Å². The predicted octanol–water partition coefficient (Wildman–Crippen LogP) is 2.32. The predicted molar refractivity (Wildman–Crippen MR) is 101 cm³/mol. The number of anilines is 1. The molecule has 0 amide bonds. The first-order valence-corrected chi connectivity index (χ1v) is 9.18. The standard InChI is InChI=1S/C18H20N4O2S/c1-24-14-4-2-3-13(11-14)22-8-6-21(7-9-22)12-16-19-15-5-10-25-17(15)18(23)20-16/h2-5,10-11H,6-9,12H2,1H3,(H,19,20,23). The van der Waals surface area contributed by atoms with Crippen LogP contribution in [0.4, 0.5) is 5.69 Å². The molecule has 6 nitrogen and oxygen atoms in total. The summed E-state index contributed by atoms with van der Waals surface area (Å²) < 4.78 is 6.01. The Kier molecular flexibility index (Phi) is 4.42. The van der Waals surface area contributed by atoms with E-state index >= 15 is 0 Å². The lowest BCUT2D eigenvalue weighted by molar-refractivity contribution is 0.244. The van der Waals surface area contributed by atoms with Crippen LogP contribution in [0.25, 0.3) is 10.2 Å². The number of hydrogen-bond acceptors (Lipinski definition) is 6. The Morgan fingerprint density at radius 2 is 2.08 bits per heavy atom. The fourth-order valence-corrected chi connectivity index (χ4v) is 3.91. The highest BCUT2D eigenvalue weighted by Gasteiger charge is 2.18. The second-order valence-electron chi connectivity index (χ2n) is 6.11. The first-order valence-electron chi connectivity index (χ1n) is 8.31. The minimum atomic E-state index is -0.0370. The summed E-state index contributed by atoms with van der Waals surface area (Å²) in [5, 5.41) is 1.91. The number of aromatic nitrogens is 2. The molecule has 1 saturated heterocycles. The summed E-state index contributed by atoms with van der Waals surface area (Å²) in [6, 6.07) is 10.1. The van der Waals surface area contributed by atoms with Crippen LogP contribution in [0.1, 0.15) is 5.82 Å². The van der Waals surface area contributed by atoms with Crippen LogP contribution in [-0.2, 0) is 6.54 Å². The molecule has 1 N–H and O–H groups in total. The Balaban J connectivity index is 1.42. The van der Waals surface area contributed by atoms with Crippen molar-refractivity contribution in [3.05, 3.63) is 51.9 Å². The van der Waals surface area contributed by atoms with Gasteiger partial charge in [0, 0.05) is 37.9 Å². The highest BCUT2D eigenvalue weighted by Crippen LogP contribution is 2.22. The number of H-pyrrole nitrogens is 1. The van der Waals surface area contributed by atoms with Crippen molar-refractivity contribution >= 4 is 27.2 Å². The smallest absolute Gasteiger partial charge is 0.268 e. The molecule has 3 aromatic rings. The van der Waals surface area contributed by atoms with E-state index in [4.69, 9.17) is 4.74 Å². The number of nitrogens with zero attached hydrogens (tertiary/aromatic N) is 3. The largest absolute Gasteiger partial charge is 0.497 e. The first-order chi connectivity index (χ1) is 12.2. The molecule has 2 aromatic heterocycles. The van der Waals surface area contributed by atoms with Crippen LogP contribution in [-0.4, -0.2) is 48.2 Å². The number of aromatic amines is 1. The maximum Gasteiger partial charge on any atom is 0.268 e. The van der Waals surface area contributed by atoms with Gasteiger partial charge in [-0.25, -0.2) is 4.98 Å². The summed E-state index contributed by atoms with van der Waals surface area (Å²) in [4.78, 5) is 24.2. The second-order valence-corrected chi connectivity index (χ2v) is 7.03. The van der Waals surface area contributed by atoms with Crippen LogP contribution in [0.5, 0.6) is 5.75 Å². The Morgan fingerprint density at radius 1 is 1.24 bits per heavy atom. The Labute approximate surface area is 149 Å². The maximum absolute atomic E-state index is 12.1. The molecule has 0 spiro atoms. The molecule has 1 fully saturated rings. The summed E-state index contributed by atoms with van der Waals surface area (Å²) >= 11 is 1.43. The number of thiophene rings is 1. The van der Waals surface area contributed by atoms with Gasteiger partial charge in [-0.2, -0.15) is 0 Å². The van der Waals surface area contributed by atoms with Crippen LogP contribution in [0.3, 0.4) is 0 Å². The highest BCUT2D eigenvalue weighted by atomic mass is 32.1. The third-order valence-electron chi connectivity index (χ3n) is 4.53. The van der Waals surface area contributed by atoms with Gasteiger partial charge in [0.05, 0.1) is 19.2 Å². The van der Waals surface area contributed by atoms with Gasteiger partial charge in [0.2, 0.25) is 0 Å². The van der Waals surface area contributed by atoms with E-state index in [1.165, 1.54) is 17.0 Å². The molecule has 4 rings (SSSR count). The fourth-order valence-electron chi connectivity index (χ4n) is 3.18. The van der Waals surface area contributed by atoms with Gasteiger partial charge in [0.1, 0.15) is 16.3 Å². The first kappa shape index (κ1) is 16.1. The Hall–Kier alpha value is -2.38. The number of hydrogen-bond donors (Lipinski definition) is 1. The zero-order valence-corrected chi connectivity index (χ0v) is 14.9. The van der Waals surface area contributed by atoms with Gasteiger partial charge in [-0.3, -0.25) is 9.69 Å². The average Bonchev–Trinajstić information content (AvgIpc) is 3.11. The van der Waals surface area contributed by atoms with E-state index in [1.54, 1.807) is 7.11 Å². The van der Waals surface area contributed by atoms with Gasteiger partial charge in [-0.05, 0) is 23.6 Å². The maximum atomic E-state index is 12.1. The van der Waals surface area contributed by atoms with Crippen molar-refractivity contribution in [2.75, 3.05) is 38.2 Å². The van der Waals surface area contributed by atoms with E-state index in [9.17, 15) is 4.79 Å². The molecule has 0 atom stereocenters. The topological polar surface area (TPSA) is 61.5 Å². The molecule has 0 aliphatic carbocycles. The number of fused-ring (bicyclic) bond motifs is 1. The van der Waals surface area contributed by atoms with Gasteiger partial charge in [0.15, 0.2) is 0 Å². The zero-order valence-electron chi connectivity index (χ0n) is 14.1. The van der Waals surface area contributed by atoms with Crippen LogP contribution >= 0.6 is 11.3 Å². The lowest BCUT2D eigenvalue weighted by Crippen LogP contribution is -2.46. The second kappa shape index (κ2) is 6.85.